The summed E-state index contributed by atoms with van der Waals surface area (Å²) in [4.78, 5) is 19.3. The van der Waals surface area contributed by atoms with Gasteiger partial charge in [-0.25, -0.2) is 0 Å². The van der Waals surface area contributed by atoms with Gasteiger partial charge in [0.05, 0.1) is 25.4 Å². The van der Waals surface area contributed by atoms with Crippen LogP contribution < -0.4 is 15.0 Å². The van der Waals surface area contributed by atoms with Crippen LogP contribution in [0.1, 0.15) is 21.5 Å². The smallest absolute Gasteiger partial charge is 0.416 e. The summed E-state index contributed by atoms with van der Waals surface area (Å²) in [5.74, 6) is 0.397. The molecule has 1 fully saturated rings. The molecule has 1 amide bonds. The highest BCUT2D eigenvalue weighted by molar-refractivity contribution is 6.04. The summed E-state index contributed by atoms with van der Waals surface area (Å²) >= 11 is 0. The molecule has 0 atom stereocenters. The fourth-order valence-corrected chi connectivity index (χ4v) is 3.88. The number of morpholine rings is 1. The van der Waals surface area contributed by atoms with E-state index in [1.807, 2.05) is 19.1 Å². The van der Waals surface area contributed by atoms with Crippen molar-refractivity contribution in [3.8, 4) is 17.0 Å². The molecule has 1 saturated heterocycles. The second-order valence-corrected chi connectivity index (χ2v) is 8.29. The number of aryl methyl sites for hydroxylation is 1. The normalized spacial score (nSPS) is 14.0. The Hall–Kier alpha value is -3.63. The Balaban J connectivity index is 1.64. The van der Waals surface area contributed by atoms with E-state index in [2.05, 4.69) is 15.2 Å². The van der Waals surface area contributed by atoms with Gasteiger partial charge in [-0.15, -0.1) is 0 Å². The lowest BCUT2D eigenvalue weighted by atomic mass is 10.00. The van der Waals surface area contributed by atoms with E-state index in [0.29, 0.717) is 43.7 Å². The van der Waals surface area contributed by atoms with Gasteiger partial charge in [-0.05, 0) is 60.0 Å². The number of aliphatic hydroxyl groups is 1. The highest BCUT2D eigenvalue weighted by Gasteiger charge is 2.31. The third-order valence-corrected chi connectivity index (χ3v) is 5.72. The molecule has 1 aliphatic heterocycles. The van der Waals surface area contributed by atoms with E-state index < -0.39 is 17.6 Å². The number of carbonyl (C=O) groups excluding carboxylic acids is 1. The predicted octanol–water partition coefficient (Wildman–Crippen LogP) is 4.54. The number of nitrogens with zero attached hydrogens (tertiary/aromatic N) is 2. The van der Waals surface area contributed by atoms with Gasteiger partial charge < -0.3 is 24.8 Å². The van der Waals surface area contributed by atoms with E-state index in [1.165, 1.54) is 12.1 Å². The first-order valence-electron chi connectivity index (χ1n) is 11.4. The van der Waals surface area contributed by atoms with Crippen LogP contribution in [0.25, 0.3) is 11.1 Å². The molecule has 2 N–H and O–H groups in total. The van der Waals surface area contributed by atoms with E-state index in [-0.39, 0.29) is 18.8 Å². The van der Waals surface area contributed by atoms with E-state index >= 15 is 0 Å². The molecule has 1 aliphatic rings. The van der Waals surface area contributed by atoms with Crippen molar-refractivity contribution >= 4 is 17.4 Å². The molecule has 0 spiro atoms. The number of aliphatic hydroxyl groups excluding tert-OH is 1. The second-order valence-electron chi connectivity index (χ2n) is 8.29. The molecule has 36 heavy (non-hydrogen) atoms. The molecule has 1 aromatic heterocycles. The summed E-state index contributed by atoms with van der Waals surface area (Å²) in [5.41, 5.74) is 1.95. The van der Waals surface area contributed by atoms with Crippen LogP contribution in [0.5, 0.6) is 5.88 Å². The number of carbonyl (C=O) groups is 1. The minimum Gasteiger partial charge on any atom is -0.475 e. The zero-order valence-electron chi connectivity index (χ0n) is 19.6. The minimum atomic E-state index is -4.54. The van der Waals surface area contributed by atoms with Crippen molar-refractivity contribution in [2.24, 2.45) is 0 Å². The van der Waals surface area contributed by atoms with Crippen LogP contribution in [0.3, 0.4) is 0 Å². The van der Waals surface area contributed by atoms with Gasteiger partial charge in [-0.1, -0.05) is 12.1 Å². The fourth-order valence-electron chi connectivity index (χ4n) is 3.88. The maximum Gasteiger partial charge on any atom is 0.416 e. The van der Waals surface area contributed by atoms with Crippen LogP contribution in [0, 0.1) is 6.92 Å². The monoisotopic (exact) mass is 501 g/mol. The van der Waals surface area contributed by atoms with Crippen molar-refractivity contribution < 1.29 is 32.5 Å². The predicted molar refractivity (Wildman–Crippen MR) is 129 cm³/mol. The van der Waals surface area contributed by atoms with E-state index in [9.17, 15) is 18.0 Å². The Morgan fingerprint density at radius 3 is 2.64 bits per heavy atom. The van der Waals surface area contributed by atoms with Crippen molar-refractivity contribution in [3.63, 3.8) is 0 Å². The van der Waals surface area contributed by atoms with Crippen molar-refractivity contribution in [2.45, 2.75) is 13.1 Å². The number of rotatable bonds is 7. The molecule has 2 aromatic carbocycles. The van der Waals surface area contributed by atoms with Gasteiger partial charge >= 0.3 is 6.18 Å². The van der Waals surface area contributed by atoms with Crippen LogP contribution in [-0.4, -0.2) is 55.5 Å². The van der Waals surface area contributed by atoms with Crippen molar-refractivity contribution in [1.29, 1.82) is 0 Å². The number of amides is 1. The van der Waals surface area contributed by atoms with Crippen LogP contribution in [-0.2, 0) is 10.9 Å². The average molecular weight is 502 g/mol. The Morgan fingerprint density at radius 1 is 1.14 bits per heavy atom. The molecule has 7 nitrogen and oxygen atoms in total. The van der Waals surface area contributed by atoms with Gasteiger partial charge in [0.2, 0.25) is 5.88 Å². The first-order valence-corrected chi connectivity index (χ1v) is 11.4. The van der Waals surface area contributed by atoms with Gasteiger partial charge in [0.15, 0.2) is 0 Å². The summed E-state index contributed by atoms with van der Waals surface area (Å²) in [5, 5.41) is 11.9. The molecule has 0 radical (unpaired) electrons. The molecule has 0 saturated carbocycles. The van der Waals surface area contributed by atoms with Gasteiger partial charge in [0.25, 0.3) is 5.91 Å². The quantitative estimate of drug-likeness (QED) is 0.495. The number of ether oxygens (including phenoxy) is 2. The standard InChI is InChI=1S/C26H26F3N3O4/c1-17-5-6-21(30-25(34)18-3-2-4-20(13-18)26(27,28)29)16-22(17)19-14-23(32-7-10-35-11-8-32)31-24(15-19)36-12-9-33/h2-6,13-16,33H,7-12H2,1H3,(H,30,34). The van der Waals surface area contributed by atoms with Gasteiger partial charge in [0, 0.05) is 30.4 Å². The van der Waals surface area contributed by atoms with Gasteiger partial charge in [0.1, 0.15) is 12.4 Å². The third kappa shape index (κ3) is 6.13. The Bertz CT molecular complexity index is 1230. The number of benzene rings is 2. The highest BCUT2D eigenvalue weighted by Crippen LogP contribution is 2.33. The Labute approximate surface area is 206 Å². The first-order chi connectivity index (χ1) is 17.2. The molecule has 0 bridgehead atoms. The van der Waals surface area contributed by atoms with Crippen molar-refractivity contribution in [3.05, 3.63) is 71.3 Å². The SMILES string of the molecule is Cc1ccc(NC(=O)c2cccc(C(F)(F)F)c2)cc1-c1cc(OCCO)nc(N2CCOCC2)c1. The molecule has 2 heterocycles. The number of pyridine rings is 1. The molecule has 3 aromatic rings. The van der Waals surface area contributed by atoms with Crippen LogP contribution >= 0.6 is 0 Å². The number of aromatic nitrogens is 1. The van der Waals surface area contributed by atoms with E-state index in [4.69, 9.17) is 14.6 Å². The zero-order chi connectivity index (χ0) is 25.7. The fraction of sp³-hybridized carbons (Fsp3) is 0.308. The summed E-state index contributed by atoms with van der Waals surface area (Å²) in [7, 11) is 0. The molecule has 10 heteroatoms. The maximum atomic E-state index is 13.0. The molecular weight excluding hydrogens is 475 g/mol. The van der Waals surface area contributed by atoms with Crippen LogP contribution in [0.4, 0.5) is 24.7 Å². The molecule has 4 rings (SSSR count). The van der Waals surface area contributed by atoms with E-state index in [0.717, 1.165) is 28.8 Å². The lowest BCUT2D eigenvalue weighted by Gasteiger charge is -2.28. The topological polar surface area (TPSA) is 83.9 Å². The first kappa shape index (κ1) is 25.5. The summed E-state index contributed by atoms with van der Waals surface area (Å²) in [6.07, 6.45) is -4.54. The van der Waals surface area contributed by atoms with Crippen molar-refractivity contribution in [1.82, 2.24) is 4.98 Å². The number of hydrogen-bond acceptors (Lipinski definition) is 6. The zero-order valence-corrected chi connectivity index (χ0v) is 19.6. The van der Waals surface area contributed by atoms with Crippen LogP contribution in [0.2, 0.25) is 0 Å². The molecule has 0 unspecified atom stereocenters. The summed E-state index contributed by atoms with van der Waals surface area (Å²) in [6, 6.07) is 13.2. The largest absolute Gasteiger partial charge is 0.475 e. The van der Waals surface area contributed by atoms with E-state index in [1.54, 1.807) is 18.2 Å². The summed E-state index contributed by atoms with van der Waals surface area (Å²) < 4.78 is 50.2. The molecule has 190 valence electrons. The minimum absolute atomic E-state index is 0.0884. The number of nitrogens with one attached hydrogen (secondary N) is 1. The maximum absolute atomic E-state index is 13.0. The lowest BCUT2D eigenvalue weighted by Crippen LogP contribution is -2.36. The third-order valence-electron chi connectivity index (χ3n) is 5.72. The van der Waals surface area contributed by atoms with Crippen molar-refractivity contribution in [2.75, 3.05) is 49.7 Å². The van der Waals surface area contributed by atoms with Gasteiger partial charge in [-0.2, -0.15) is 18.2 Å². The number of halogens is 3. The number of anilines is 2. The van der Waals surface area contributed by atoms with Crippen LogP contribution in [0.15, 0.2) is 54.6 Å². The Kier molecular flexibility index (Phi) is 7.76. The van der Waals surface area contributed by atoms with Gasteiger partial charge in [-0.3, -0.25) is 4.79 Å². The summed E-state index contributed by atoms with van der Waals surface area (Å²) in [6.45, 7) is 4.34. The molecular formula is C26H26F3N3O4. The average Bonchev–Trinajstić information content (AvgIpc) is 2.88. The molecule has 0 aliphatic carbocycles. The second kappa shape index (κ2) is 11.0. The lowest BCUT2D eigenvalue weighted by molar-refractivity contribution is -0.137. The Morgan fingerprint density at radius 2 is 1.92 bits per heavy atom. The number of alkyl halides is 3. The highest BCUT2D eigenvalue weighted by atomic mass is 19.4. The number of hydrogen-bond donors (Lipinski definition) is 2.